The van der Waals surface area contributed by atoms with Crippen LogP contribution in [0.2, 0.25) is 0 Å². The van der Waals surface area contributed by atoms with Crippen molar-refractivity contribution in [3.05, 3.63) is 35.4 Å². The minimum Gasteiger partial charge on any atom is -0.330 e. The highest BCUT2D eigenvalue weighted by Crippen LogP contribution is 2.27. The first-order valence-electron chi connectivity index (χ1n) is 7.44. The first-order valence-corrected chi connectivity index (χ1v) is 7.44. The van der Waals surface area contributed by atoms with Gasteiger partial charge in [-0.15, -0.1) is 0 Å². The van der Waals surface area contributed by atoms with Gasteiger partial charge in [-0.25, -0.2) is 0 Å². The molecule has 0 saturated heterocycles. The van der Waals surface area contributed by atoms with Crippen molar-refractivity contribution in [3.63, 3.8) is 0 Å². The summed E-state index contributed by atoms with van der Waals surface area (Å²) in [6.45, 7) is 14.0. The van der Waals surface area contributed by atoms with E-state index in [9.17, 15) is 0 Å². The van der Waals surface area contributed by atoms with Crippen LogP contribution in [0, 0.1) is 12.3 Å². The highest BCUT2D eigenvalue weighted by molar-refractivity contribution is 5.24. The molecule has 0 radical (unpaired) electrons. The highest BCUT2D eigenvalue weighted by atomic mass is 15.2. The molecule has 19 heavy (non-hydrogen) atoms. The zero-order valence-corrected chi connectivity index (χ0v) is 13.2. The van der Waals surface area contributed by atoms with Crippen molar-refractivity contribution in [3.8, 4) is 0 Å². The quantitative estimate of drug-likeness (QED) is 0.811. The Labute approximate surface area is 119 Å². The van der Waals surface area contributed by atoms with E-state index in [4.69, 9.17) is 5.73 Å². The molecule has 1 atom stereocenters. The standard InChI is InChI=1S/C17H30N2/c1-6-16(15-10-8-14(3)9-11-15)19(7-2)13-17(4,5)12-18/h8-11,16H,6-7,12-13,18H2,1-5H3. The predicted molar refractivity (Wildman–Crippen MR) is 84.3 cm³/mol. The van der Waals surface area contributed by atoms with E-state index < -0.39 is 0 Å². The van der Waals surface area contributed by atoms with Crippen LogP contribution in [0.5, 0.6) is 0 Å². The van der Waals surface area contributed by atoms with Crippen molar-refractivity contribution in [1.82, 2.24) is 4.90 Å². The van der Waals surface area contributed by atoms with Crippen molar-refractivity contribution in [1.29, 1.82) is 0 Å². The van der Waals surface area contributed by atoms with Crippen LogP contribution in [0.4, 0.5) is 0 Å². The number of aryl methyl sites for hydroxylation is 1. The first kappa shape index (κ1) is 16.2. The lowest BCUT2D eigenvalue weighted by Crippen LogP contribution is -2.40. The van der Waals surface area contributed by atoms with Crippen molar-refractivity contribution >= 4 is 0 Å². The molecule has 2 heteroatoms. The number of nitrogens with zero attached hydrogens (tertiary/aromatic N) is 1. The van der Waals surface area contributed by atoms with Gasteiger partial charge in [-0.05, 0) is 37.4 Å². The van der Waals surface area contributed by atoms with Gasteiger partial charge in [0.1, 0.15) is 0 Å². The van der Waals surface area contributed by atoms with Gasteiger partial charge in [-0.3, -0.25) is 4.90 Å². The third kappa shape index (κ3) is 4.63. The number of hydrogen-bond donors (Lipinski definition) is 1. The summed E-state index contributed by atoms with van der Waals surface area (Å²) < 4.78 is 0. The normalized spacial score (nSPS) is 13.8. The first-order chi connectivity index (χ1) is 8.93. The Morgan fingerprint density at radius 1 is 1.16 bits per heavy atom. The van der Waals surface area contributed by atoms with Gasteiger partial charge < -0.3 is 5.73 Å². The summed E-state index contributed by atoms with van der Waals surface area (Å²) in [5.41, 5.74) is 8.80. The number of rotatable bonds is 7. The fraction of sp³-hybridized carbons (Fsp3) is 0.647. The summed E-state index contributed by atoms with van der Waals surface area (Å²) in [4.78, 5) is 2.55. The van der Waals surface area contributed by atoms with Gasteiger partial charge in [0.15, 0.2) is 0 Å². The maximum absolute atomic E-state index is 5.88. The third-order valence-corrected chi connectivity index (χ3v) is 3.88. The second kappa shape index (κ2) is 7.06. The van der Waals surface area contributed by atoms with Crippen LogP contribution in [-0.2, 0) is 0 Å². The molecule has 0 saturated carbocycles. The minimum atomic E-state index is 0.175. The van der Waals surface area contributed by atoms with E-state index in [-0.39, 0.29) is 5.41 Å². The molecule has 1 rings (SSSR count). The number of benzene rings is 1. The molecule has 0 spiro atoms. The van der Waals surface area contributed by atoms with Crippen LogP contribution in [-0.4, -0.2) is 24.5 Å². The van der Waals surface area contributed by atoms with Crippen LogP contribution < -0.4 is 5.73 Å². The SMILES string of the molecule is CCC(c1ccc(C)cc1)N(CC)CC(C)(C)CN. The molecule has 2 nitrogen and oxygen atoms in total. The molecular formula is C17H30N2. The summed E-state index contributed by atoms with van der Waals surface area (Å²) in [5, 5.41) is 0. The second-order valence-electron chi connectivity index (χ2n) is 6.27. The summed E-state index contributed by atoms with van der Waals surface area (Å²) in [5.74, 6) is 0. The Hall–Kier alpha value is -0.860. The Morgan fingerprint density at radius 2 is 1.74 bits per heavy atom. The fourth-order valence-electron chi connectivity index (χ4n) is 2.55. The lowest BCUT2D eigenvalue weighted by Gasteiger charge is -2.36. The predicted octanol–water partition coefficient (Wildman–Crippen LogP) is 3.75. The molecule has 108 valence electrons. The van der Waals surface area contributed by atoms with E-state index in [2.05, 4.69) is 63.8 Å². The van der Waals surface area contributed by atoms with Gasteiger partial charge in [-0.1, -0.05) is 57.5 Å². The van der Waals surface area contributed by atoms with Crippen molar-refractivity contribution in [2.45, 2.75) is 47.1 Å². The van der Waals surface area contributed by atoms with Gasteiger partial charge in [0.05, 0.1) is 0 Å². The van der Waals surface area contributed by atoms with E-state index in [1.165, 1.54) is 11.1 Å². The van der Waals surface area contributed by atoms with E-state index in [1.807, 2.05) is 0 Å². The molecule has 2 N–H and O–H groups in total. The Balaban J connectivity index is 2.89. The average molecular weight is 262 g/mol. The van der Waals surface area contributed by atoms with Crippen LogP contribution in [0.3, 0.4) is 0 Å². The molecule has 0 aromatic heterocycles. The van der Waals surface area contributed by atoms with Crippen LogP contribution >= 0.6 is 0 Å². The zero-order chi connectivity index (χ0) is 14.5. The molecule has 1 unspecified atom stereocenters. The van der Waals surface area contributed by atoms with Gasteiger partial charge in [0.25, 0.3) is 0 Å². The number of nitrogens with two attached hydrogens (primary N) is 1. The Morgan fingerprint density at radius 3 is 2.16 bits per heavy atom. The van der Waals surface area contributed by atoms with E-state index in [0.29, 0.717) is 6.04 Å². The molecule has 0 aliphatic rings. The van der Waals surface area contributed by atoms with Gasteiger partial charge >= 0.3 is 0 Å². The summed E-state index contributed by atoms with van der Waals surface area (Å²) in [6.07, 6.45) is 1.14. The minimum absolute atomic E-state index is 0.175. The molecule has 0 aliphatic heterocycles. The lowest BCUT2D eigenvalue weighted by molar-refractivity contribution is 0.135. The smallest absolute Gasteiger partial charge is 0.0345 e. The Kier molecular flexibility index (Phi) is 6.02. The molecule has 0 fully saturated rings. The van der Waals surface area contributed by atoms with Crippen LogP contribution in [0.15, 0.2) is 24.3 Å². The van der Waals surface area contributed by atoms with Gasteiger partial charge in [0.2, 0.25) is 0 Å². The van der Waals surface area contributed by atoms with E-state index >= 15 is 0 Å². The molecule has 0 heterocycles. The monoisotopic (exact) mass is 262 g/mol. The fourth-order valence-corrected chi connectivity index (χ4v) is 2.55. The molecule has 0 aliphatic carbocycles. The van der Waals surface area contributed by atoms with Gasteiger partial charge in [0, 0.05) is 12.6 Å². The Bertz CT molecular complexity index is 367. The third-order valence-electron chi connectivity index (χ3n) is 3.88. The zero-order valence-electron chi connectivity index (χ0n) is 13.2. The maximum Gasteiger partial charge on any atom is 0.0345 e. The molecular weight excluding hydrogens is 232 g/mol. The van der Waals surface area contributed by atoms with Crippen molar-refractivity contribution in [2.24, 2.45) is 11.1 Å². The highest BCUT2D eigenvalue weighted by Gasteiger charge is 2.24. The molecule has 1 aromatic rings. The second-order valence-corrected chi connectivity index (χ2v) is 6.27. The largest absolute Gasteiger partial charge is 0.330 e. The summed E-state index contributed by atoms with van der Waals surface area (Å²) >= 11 is 0. The van der Waals surface area contributed by atoms with Crippen LogP contribution in [0.25, 0.3) is 0 Å². The van der Waals surface area contributed by atoms with Gasteiger partial charge in [-0.2, -0.15) is 0 Å². The van der Waals surface area contributed by atoms with E-state index in [1.54, 1.807) is 0 Å². The average Bonchev–Trinajstić information content (AvgIpc) is 2.40. The van der Waals surface area contributed by atoms with E-state index in [0.717, 1.165) is 26.1 Å². The summed E-state index contributed by atoms with van der Waals surface area (Å²) in [7, 11) is 0. The summed E-state index contributed by atoms with van der Waals surface area (Å²) in [6, 6.07) is 9.44. The molecule has 1 aromatic carbocycles. The number of hydrogen-bond acceptors (Lipinski definition) is 2. The topological polar surface area (TPSA) is 29.3 Å². The lowest BCUT2D eigenvalue weighted by atomic mass is 9.91. The van der Waals surface area contributed by atoms with Crippen LogP contribution in [0.1, 0.15) is 51.3 Å². The van der Waals surface area contributed by atoms with Crippen molar-refractivity contribution in [2.75, 3.05) is 19.6 Å². The maximum atomic E-state index is 5.88. The van der Waals surface area contributed by atoms with Crippen molar-refractivity contribution < 1.29 is 0 Å². The molecule has 0 amide bonds. The molecule has 0 bridgehead atoms.